The summed E-state index contributed by atoms with van der Waals surface area (Å²) in [6, 6.07) is 1.32. The van der Waals surface area contributed by atoms with Crippen LogP contribution >= 0.6 is 11.6 Å². The number of halogens is 1. The maximum Gasteiger partial charge on any atom is 0.257 e. The van der Waals surface area contributed by atoms with Crippen molar-refractivity contribution in [2.75, 3.05) is 5.88 Å². The van der Waals surface area contributed by atoms with E-state index < -0.39 is 5.54 Å². The summed E-state index contributed by atoms with van der Waals surface area (Å²) in [5.74, 6) is 0.0790. The first-order valence-corrected chi connectivity index (χ1v) is 5.55. The van der Waals surface area contributed by atoms with Gasteiger partial charge in [-0.15, -0.1) is 11.6 Å². The molecule has 0 unspecified atom stereocenters. The summed E-state index contributed by atoms with van der Waals surface area (Å²) >= 11 is 5.63. The summed E-state index contributed by atoms with van der Waals surface area (Å²) < 4.78 is 0. The van der Waals surface area contributed by atoms with Crippen molar-refractivity contribution in [3.05, 3.63) is 34.2 Å². The van der Waals surface area contributed by atoms with E-state index in [9.17, 15) is 9.59 Å². The summed E-state index contributed by atoms with van der Waals surface area (Å²) in [6.07, 6.45) is 3.53. The van der Waals surface area contributed by atoms with E-state index in [1.807, 2.05) is 13.8 Å². The quantitative estimate of drug-likeness (QED) is 0.787. The minimum atomic E-state index is -0.416. The molecular formula is C11H15ClN2O2. The number of nitrogens with one attached hydrogen (secondary N) is 2. The van der Waals surface area contributed by atoms with Crippen molar-refractivity contribution in [1.82, 2.24) is 10.3 Å². The van der Waals surface area contributed by atoms with Crippen LogP contribution in [-0.2, 0) is 0 Å². The van der Waals surface area contributed by atoms with Gasteiger partial charge in [-0.1, -0.05) is 0 Å². The normalized spacial score (nSPS) is 11.2. The summed E-state index contributed by atoms with van der Waals surface area (Å²) in [5.41, 5.74) is -0.593. The molecule has 4 nitrogen and oxygen atoms in total. The van der Waals surface area contributed by atoms with Crippen LogP contribution < -0.4 is 10.7 Å². The molecule has 0 atom stereocenters. The standard InChI is InChI=1S/C11H15ClN2O2/c1-11(2,4-5-12)14-10(16)8-7-13-6-3-9(8)15/h3,6-7H,4-5H2,1-2H3,(H,13,15)(H,14,16). The van der Waals surface area contributed by atoms with Crippen LogP contribution in [0.25, 0.3) is 0 Å². The van der Waals surface area contributed by atoms with Gasteiger partial charge in [0.1, 0.15) is 5.56 Å². The van der Waals surface area contributed by atoms with Crippen LogP contribution in [0.2, 0.25) is 0 Å². The zero-order valence-corrected chi connectivity index (χ0v) is 10.1. The topological polar surface area (TPSA) is 62.0 Å². The lowest BCUT2D eigenvalue weighted by atomic mass is 10.0. The highest BCUT2D eigenvalue weighted by molar-refractivity contribution is 6.17. The van der Waals surface area contributed by atoms with Crippen molar-refractivity contribution in [2.24, 2.45) is 0 Å². The van der Waals surface area contributed by atoms with Crippen molar-refractivity contribution >= 4 is 17.5 Å². The third kappa shape index (κ3) is 3.38. The molecular weight excluding hydrogens is 228 g/mol. The van der Waals surface area contributed by atoms with E-state index in [0.29, 0.717) is 12.3 Å². The van der Waals surface area contributed by atoms with Gasteiger partial charge in [-0.3, -0.25) is 9.59 Å². The first-order valence-electron chi connectivity index (χ1n) is 5.02. The van der Waals surface area contributed by atoms with Crippen LogP contribution in [0.4, 0.5) is 0 Å². The van der Waals surface area contributed by atoms with Crippen LogP contribution in [-0.4, -0.2) is 22.3 Å². The fourth-order valence-corrected chi connectivity index (χ4v) is 1.74. The Kier molecular flexibility index (Phi) is 4.12. The van der Waals surface area contributed by atoms with Crippen LogP contribution in [0.5, 0.6) is 0 Å². The fraction of sp³-hybridized carbons (Fsp3) is 0.455. The highest BCUT2D eigenvalue weighted by Gasteiger charge is 2.21. The minimum Gasteiger partial charge on any atom is -0.367 e. The van der Waals surface area contributed by atoms with Crippen molar-refractivity contribution < 1.29 is 4.79 Å². The van der Waals surface area contributed by atoms with Gasteiger partial charge < -0.3 is 10.3 Å². The Morgan fingerprint density at radius 3 is 2.81 bits per heavy atom. The lowest BCUT2D eigenvalue weighted by molar-refractivity contribution is 0.0910. The third-order valence-corrected chi connectivity index (χ3v) is 2.43. The second-order valence-corrected chi connectivity index (χ2v) is 4.58. The molecule has 1 rings (SSSR count). The van der Waals surface area contributed by atoms with Crippen molar-refractivity contribution in [3.63, 3.8) is 0 Å². The maximum atomic E-state index is 11.8. The number of carbonyl (C=O) groups excluding carboxylic acids is 1. The summed E-state index contributed by atoms with van der Waals surface area (Å²) in [7, 11) is 0. The Balaban J connectivity index is 2.81. The minimum absolute atomic E-state index is 0.116. The highest BCUT2D eigenvalue weighted by atomic mass is 35.5. The van der Waals surface area contributed by atoms with Gasteiger partial charge in [0.15, 0.2) is 5.43 Å². The zero-order valence-electron chi connectivity index (χ0n) is 9.34. The summed E-state index contributed by atoms with van der Waals surface area (Å²) in [5, 5.41) is 2.77. The lowest BCUT2D eigenvalue weighted by Gasteiger charge is -2.25. The molecule has 1 aromatic rings. The maximum absolute atomic E-state index is 11.8. The second kappa shape index (κ2) is 5.16. The summed E-state index contributed by atoms with van der Waals surface area (Å²) in [4.78, 5) is 25.9. The number of rotatable bonds is 4. The van der Waals surface area contributed by atoms with Crippen molar-refractivity contribution in [3.8, 4) is 0 Å². The average Bonchev–Trinajstić information content (AvgIpc) is 2.17. The van der Waals surface area contributed by atoms with E-state index >= 15 is 0 Å². The second-order valence-electron chi connectivity index (χ2n) is 4.20. The Labute approximate surface area is 99.0 Å². The molecule has 0 aliphatic carbocycles. The van der Waals surface area contributed by atoms with Crippen LogP contribution in [0, 0.1) is 0 Å². The van der Waals surface area contributed by atoms with E-state index in [2.05, 4.69) is 10.3 Å². The average molecular weight is 243 g/mol. The number of hydrogen-bond acceptors (Lipinski definition) is 2. The first kappa shape index (κ1) is 12.8. The molecule has 88 valence electrons. The number of carbonyl (C=O) groups is 1. The number of alkyl halides is 1. The molecule has 2 N–H and O–H groups in total. The van der Waals surface area contributed by atoms with Gasteiger partial charge >= 0.3 is 0 Å². The van der Waals surface area contributed by atoms with E-state index in [1.165, 1.54) is 18.5 Å². The predicted octanol–water partition coefficient (Wildman–Crippen LogP) is 1.51. The van der Waals surface area contributed by atoms with Gasteiger partial charge in [0.25, 0.3) is 5.91 Å². The molecule has 0 saturated heterocycles. The Morgan fingerprint density at radius 2 is 2.25 bits per heavy atom. The highest BCUT2D eigenvalue weighted by Crippen LogP contribution is 2.09. The molecule has 1 heterocycles. The van der Waals surface area contributed by atoms with Crippen LogP contribution in [0.15, 0.2) is 23.3 Å². The number of pyridine rings is 1. The first-order chi connectivity index (χ1) is 7.46. The van der Waals surface area contributed by atoms with Crippen molar-refractivity contribution in [2.45, 2.75) is 25.8 Å². The molecule has 0 aromatic carbocycles. The molecule has 0 saturated carbocycles. The van der Waals surface area contributed by atoms with E-state index in [4.69, 9.17) is 11.6 Å². The Morgan fingerprint density at radius 1 is 1.56 bits per heavy atom. The number of aromatic amines is 1. The molecule has 0 fully saturated rings. The SMILES string of the molecule is CC(C)(CCCl)NC(=O)c1c[nH]ccc1=O. The largest absolute Gasteiger partial charge is 0.367 e. The predicted molar refractivity (Wildman–Crippen MR) is 63.9 cm³/mol. The Bertz CT molecular complexity index is 426. The molecule has 1 amide bonds. The van der Waals surface area contributed by atoms with Gasteiger partial charge in [0.2, 0.25) is 0 Å². The van der Waals surface area contributed by atoms with Gasteiger partial charge in [0, 0.05) is 29.9 Å². The number of amides is 1. The molecule has 0 radical (unpaired) electrons. The monoisotopic (exact) mass is 242 g/mol. The van der Waals surface area contributed by atoms with Crippen molar-refractivity contribution in [1.29, 1.82) is 0 Å². The molecule has 5 heteroatoms. The van der Waals surface area contributed by atoms with E-state index in [0.717, 1.165) is 0 Å². The third-order valence-electron chi connectivity index (χ3n) is 2.24. The van der Waals surface area contributed by atoms with Gasteiger partial charge in [-0.25, -0.2) is 0 Å². The Hall–Kier alpha value is -1.29. The lowest BCUT2D eigenvalue weighted by Crippen LogP contribution is -2.45. The molecule has 0 aliphatic heterocycles. The fourth-order valence-electron chi connectivity index (χ4n) is 1.27. The zero-order chi connectivity index (χ0) is 12.2. The number of hydrogen-bond donors (Lipinski definition) is 2. The van der Waals surface area contributed by atoms with Gasteiger partial charge in [0.05, 0.1) is 0 Å². The van der Waals surface area contributed by atoms with Gasteiger partial charge in [-0.2, -0.15) is 0 Å². The van der Waals surface area contributed by atoms with E-state index in [1.54, 1.807) is 0 Å². The molecule has 16 heavy (non-hydrogen) atoms. The number of aromatic nitrogens is 1. The molecule has 0 bridgehead atoms. The van der Waals surface area contributed by atoms with E-state index in [-0.39, 0.29) is 16.9 Å². The van der Waals surface area contributed by atoms with Crippen LogP contribution in [0.1, 0.15) is 30.6 Å². The number of H-pyrrole nitrogens is 1. The molecule has 1 aromatic heterocycles. The molecule has 0 spiro atoms. The van der Waals surface area contributed by atoms with Gasteiger partial charge in [-0.05, 0) is 20.3 Å². The smallest absolute Gasteiger partial charge is 0.257 e. The van der Waals surface area contributed by atoms with Crippen LogP contribution in [0.3, 0.4) is 0 Å². The molecule has 0 aliphatic rings. The summed E-state index contributed by atoms with van der Waals surface area (Å²) in [6.45, 7) is 3.73.